The number of hydrogen-bond acceptors (Lipinski definition) is 6. The molecule has 0 N–H and O–H groups in total. The zero-order valence-corrected chi connectivity index (χ0v) is 21.0. The van der Waals surface area contributed by atoms with Crippen LogP contribution in [0.25, 0.3) is 6.08 Å². The van der Waals surface area contributed by atoms with E-state index in [1.54, 1.807) is 43.3 Å². The van der Waals surface area contributed by atoms with E-state index in [0.717, 1.165) is 23.3 Å². The van der Waals surface area contributed by atoms with E-state index in [2.05, 4.69) is 0 Å². The first-order valence-corrected chi connectivity index (χ1v) is 12.2. The van der Waals surface area contributed by atoms with Crippen LogP contribution in [0.2, 0.25) is 5.02 Å². The fourth-order valence-electron chi connectivity index (χ4n) is 4.20. The molecule has 186 valence electrons. The van der Waals surface area contributed by atoms with Crippen molar-refractivity contribution in [2.24, 2.45) is 0 Å². The van der Waals surface area contributed by atoms with Gasteiger partial charge in [0, 0.05) is 17.2 Å². The molecule has 0 radical (unpaired) electrons. The fourth-order valence-corrected chi connectivity index (χ4v) is 4.32. The SMILES string of the molecule is CCOc1cc(/C=C2/C(=O)N(CC3CCCO3)C(=O)C(C#N)=C2C)ccc1OCc1ccc(Cl)cc1. The maximum Gasteiger partial charge on any atom is 0.271 e. The Hall–Kier alpha value is -3.60. The standard InChI is InChI=1S/C28H27ClN2O5/c1-3-34-26-14-20(8-11-25(26)36-17-19-6-9-21(29)10-7-19)13-23-18(2)24(15-30)28(33)31(27(23)32)16-22-5-4-12-35-22/h6-11,13-14,22H,3-5,12,16-17H2,1-2H3/b23-13+. The van der Waals surface area contributed by atoms with Crippen molar-refractivity contribution in [1.82, 2.24) is 4.90 Å². The van der Waals surface area contributed by atoms with Crippen molar-refractivity contribution < 1.29 is 23.8 Å². The normalized spacial score (nSPS) is 19.1. The van der Waals surface area contributed by atoms with Crippen LogP contribution in [0.5, 0.6) is 11.5 Å². The summed E-state index contributed by atoms with van der Waals surface area (Å²) in [6.45, 7) is 5.00. The molecule has 0 bridgehead atoms. The molecule has 0 aliphatic carbocycles. The van der Waals surface area contributed by atoms with E-state index < -0.39 is 11.8 Å². The molecule has 2 amide bonds. The van der Waals surface area contributed by atoms with Crippen molar-refractivity contribution in [3.05, 3.63) is 75.3 Å². The molecular weight excluding hydrogens is 480 g/mol. The number of rotatable bonds is 8. The Morgan fingerprint density at radius 3 is 2.58 bits per heavy atom. The van der Waals surface area contributed by atoms with E-state index in [1.807, 2.05) is 25.1 Å². The third-order valence-electron chi connectivity index (χ3n) is 6.12. The van der Waals surface area contributed by atoms with E-state index in [9.17, 15) is 14.9 Å². The summed E-state index contributed by atoms with van der Waals surface area (Å²) in [5.41, 5.74) is 2.26. The predicted octanol–water partition coefficient (Wildman–Crippen LogP) is 5.09. The molecule has 7 nitrogen and oxygen atoms in total. The maximum absolute atomic E-state index is 13.3. The lowest BCUT2D eigenvalue weighted by Crippen LogP contribution is -2.46. The molecule has 36 heavy (non-hydrogen) atoms. The number of amides is 2. The molecule has 1 saturated heterocycles. The number of carbonyl (C=O) groups is 2. The van der Waals surface area contributed by atoms with Crippen molar-refractivity contribution in [1.29, 1.82) is 5.26 Å². The van der Waals surface area contributed by atoms with E-state index in [-0.39, 0.29) is 18.2 Å². The molecule has 1 unspecified atom stereocenters. The molecule has 1 fully saturated rings. The minimum absolute atomic E-state index is 0.0354. The van der Waals surface area contributed by atoms with Crippen LogP contribution in [0.1, 0.15) is 37.8 Å². The first-order chi connectivity index (χ1) is 17.4. The molecule has 0 saturated carbocycles. The smallest absolute Gasteiger partial charge is 0.271 e. The van der Waals surface area contributed by atoms with Gasteiger partial charge in [-0.25, -0.2) is 0 Å². The van der Waals surface area contributed by atoms with E-state index in [4.69, 9.17) is 25.8 Å². The number of hydrogen-bond donors (Lipinski definition) is 0. The largest absolute Gasteiger partial charge is 0.490 e. The number of carbonyl (C=O) groups excluding carboxylic acids is 2. The van der Waals surface area contributed by atoms with Crippen molar-refractivity contribution in [3.8, 4) is 17.6 Å². The van der Waals surface area contributed by atoms with Gasteiger partial charge >= 0.3 is 0 Å². The summed E-state index contributed by atoms with van der Waals surface area (Å²) in [4.78, 5) is 27.3. The summed E-state index contributed by atoms with van der Waals surface area (Å²) in [5.74, 6) is 0.0733. The van der Waals surface area contributed by atoms with Crippen molar-refractivity contribution >= 4 is 29.5 Å². The second kappa shape index (κ2) is 11.4. The van der Waals surface area contributed by atoms with E-state index in [1.165, 1.54) is 0 Å². The lowest BCUT2D eigenvalue weighted by atomic mass is 9.93. The van der Waals surface area contributed by atoms with Gasteiger partial charge in [0.1, 0.15) is 18.2 Å². The molecule has 2 aliphatic heterocycles. The molecule has 8 heteroatoms. The van der Waals surface area contributed by atoms with Gasteiger partial charge in [-0.05, 0) is 73.7 Å². The van der Waals surface area contributed by atoms with Gasteiger partial charge in [0.2, 0.25) is 0 Å². The third-order valence-corrected chi connectivity index (χ3v) is 6.37. The highest BCUT2D eigenvalue weighted by Crippen LogP contribution is 2.33. The van der Waals surface area contributed by atoms with E-state index in [0.29, 0.717) is 53.1 Å². The number of benzene rings is 2. The van der Waals surface area contributed by atoms with Crippen LogP contribution in [0.3, 0.4) is 0 Å². The van der Waals surface area contributed by atoms with Gasteiger partial charge in [0.15, 0.2) is 11.5 Å². The average molecular weight is 507 g/mol. The number of nitriles is 1. The van der Waals surface area contributed by atoms with Gasteiger partial charge in [0.25, 0.3) is 11.8 Å². The zero-order chi connectivity index (χ0) is 25.7. The Kier molecular flexibility index (Phi) is 8.09. The van der Waals surface area contributed by atoms with Crippen molar-refractivity contribution in [2.45, 2.75) is 39.4 Å². The Labute approximate surface area is 215 Å². The van der Waals surface area contributed by atoms with Crippen LogP contribution in [-0.4, -0.2) is 42.6 Å². The van der Waals surface area contributed by atoms with Gasteiger partial charge in [-0.15, -0.1) is 0 Å². The van der Waals surface area contributed by atoms with Gasteiger partial charge < -0.3 is 14.2 Å². The average Bonchev–Trinajstić information content (AvgIpc) is 3.39. The molecule has 0 aromatic heterocycles. The van der Waals surface area contributed by atoms with Gasteiger partial charge in [-0.2, -0.15) is 5.26 Å². The molecule has 2 heterocycles. The number of nitrogens with zero attached hydrogens (tertiary/aromatic N) is 2. The topological polar surface area (TPSA) is 88.9 Å². The van der Waals surface area contributed by atoms with Gasteiger partial charge in [-0.3, -0.25) is 14.5 Å². The monoisotopic (exact) mass is 506 g/mol. The van der Waals surface area contributed by atoms with Crippen LogP contribution in [0.4, 0.5) is 0 Å². The predicted molar refractivity (Wildman–Crippen MR) is 135 cm³/mol. The highest BCUT2D eigenvalue weighted by Gasteiger charge is 2.37. The van der Waals surface area contributed by atoms with E-state index >= 15 is 0 Å². The van der Waals surface area contributed by atoms with Gasteiger partial charge in [-0.1, -0.05) is 29.8 Å². The first kappa shape index (κ1) is 25.5. The Balaban J connectivity index is 1.62. The number of ether oxygens (including phenoxy) is 3. The quantitative estimate of drug-likeness (QED) is 0.366. The second-order valence-electron chi connectivity index (χ2n) is 8.58. The van der Waals surface area contributed by atoms with Crippen LogP contribution < -0.4 is 9.47 Å². The summed E-state index contributed by atoms with van der Waals surface area (Å²) in [6, 6.07) is 14.7. The highest BCUT2D eigenvalue weighted by molar-refractivity contribution is 6.30. The Bertz CT molecular complexity index is 1250. The Morgan fingerprint density at radius 2 is 1.92 bits per heavy atom. The van der Waals surface area contributed by atoms with Gasteiger partial charge in [0.05, 0.1) is 19.3 Å². The Morgan fingerprint density at radius 1 is 1.14 bits per heavy atom. The van der Waals surface area contributed by atoms with Crippen LogP contribution in [0.15, 0.2) is 59.2 Å². The summed E-state index contributed by atoms with van der Waals surface area (Å²) in [6.07, 6.45) is 3.13. The van der Waals surface area contributed by atoms with Crippen LogP contribution in [0, 0.1) is 11.3 Å². The number of halogens is 1. The lowest BCUT2D eigenvalue weighted by molar-refractivity contribution is -0.142. The minimum atomic E-state index is -0.575. The third kappa shape index (κ3) is 5.62. The van der Waals surface area contributed by atoms with Crippen LogP contribution in [-0.2, 0) is 20.9 Å². The van der Waals surface area contributed by atoms with Crippen LogP contribution >= 0.6 is 11.6 Å². The summed E-state index contributed by atoms with van der Waals surface area (Å²) < 4.78 is 17.4. The summed E-state index contributed by atoms with van der Waals surface area (Å²) in [5, 5.41) is 10.3. The number of imide groups is 1. The molecule has 2 aromatic carbocycles. The van der Waals surface area contributed by atoms with Crippen molar-refractivity contribution in [3.63, 3.8) is 0 Å². The molecule has 0 spiro atoms. The molecule has 4 rings (SSSR count). The molecule has 2 aliphatic rings. The second-order valence-corrected chi connectivity index (χ2v) is 9.02. The maximum atomic E-state index is 13.3. The molecular formula is C28H27ClN2O5. The zero-order valence-electron chi connectivity index (χ0n) is 20.3. The fraction of sp³-hybridized carbons (Fsp3) is 0.321. The molecule has 2 aromatic rings. The molecule has 1 atom stereocenters. The highest BCUT2D eigenvalue weighted by atomic mass is 35.5. The van der Waals surface area contributed by atoms with Crippen molar-refractivity contribution in [2.75, 3.05) is 19.8 Å². The minimum Gasteiger partial charge on any atom is -0.490 e. The lowest BCUT2D eigenvalue weighted by Gasteiger charge is -2.29. The summed E-state index contributed by atoms with van der Waals surface area (Å²) in [7, 11) is 0. The summed E-state index contributed by atoms with van der Waals surface area (Å²) >= 11 is 5.95. The first-order valence-electron chi connectivity index (χ1n) is 11.9.